The average Bonchev–Trinajstić information content (AvgIpc) is 3.60. The fourth-order valence-corrected chi connectivity index (χ4v) is 5.38. The molecule has 4 rings (SSSR count). The number of likely N-dealkylation sites (N-methyl/N-ethyl adjacent to an activating group) is 1. The maximum absolute atomic E-state index is 13.2. The number of rotatable bonds is 8. The zero-order valence-electron chi connectivity index (χ0n) is 19.7. The van der Waals surface area contributed by atoms with Crippen LogP contribution in [0.1, 0.15) is 25.3 Å². The van der Waals surface area contributed by atoms with Gasteiger partial charge >= 0.3 is 0 Å². The lowest BCUT2D eigenvalue weighted by Gasteiger charge is -2.23. The highest BCUT2D eigenvalue weighted by Crippen LogP contribution is 2.39. The number of ether oxygens (including phenoxy) is 2. The van der Waals surface area contributed by atoms with Crippen molar-refractivity contribution in [1.82, 2.24) is 4.31 Å². The van der Waals surface area contributed by atoms with Crippen molar-refractivity contribution >= 4 is 33.2 Å². The number of benzene rings is 2. The van der Waals surface area contributed by atoms with Crippen LogP contribution in [0.25, 0.3) is 0 Å². The first-order chi connectivity index (χ1) is 16.1. The van der Waals surface area contributed by atoms with E-state index in [2.05, 4.69) is 5.32 Å². The Hall–Kier alpha value is -3.11. The molecule has 1 saturated carbocycles. The molecule has 2 aromatic carbocycles. The van der Waals surface area contributed by atoms with Gasteiger partial charge in [0.1, 0.15) is 11.5 Å². The van der Waals surface area contributed by atoms with Crippen molar-refractivity contribution in [3.8, 4) is 11.5 Å². The van der Waals surface area contributed by atoms with Crippen LogP contribution in [0, 0.1) is 5.92 Å². The molecular formula is C24H29N3O6S. The zero-order chi connectivity index (χ0) is 24.6. The topological polar surface area (TPSA) is 105 Å². The Morgan fingerprint density at radius 3 is 2.50 bits per heavy atom. The summed E-state index contributed by atoms with van der Waals surface area (Å²) in [5.41, 5.74) is 1.97. The van der Waals surface area contributed by atoms with E-state index in [-0.39, 0.29) is 29.3 Å². The zero-order valence-corrected chi connectivity index (χ0v) is 20.5. The molecule has 34 heavy (non-hydrogen) atoms. The number of methoxy groups -OCH3 is 2. The van der Waals surface area contributed by atoms with E-state index in [0.29, 0.717) is 23.6 Å². The minimum Gasteiger partial charge on any atom is -0.497 e. The third kappa shape index (κ3) is 4.60. The summed E-state index contributed by atoms with van der Waals surface area (Å²) < 4.78 is 37.8. The van der Waals surface area contributed by atoms with Gasteiger partial charge in [0.05, 0.1) is 31.3 Å². The van der Waals surface area contributed by atoms with Crippen LogP contribution in [0.4, 0.5) is 11.4 Å². The molecule has 1 aliphatic carbocycles. The van der Waals surface area contributed by atoms with Crippen LogP contribution in [0.15, 0.2) is 41.3 Å². The van der Waals surface area contributed by atoms with Crippen molar-refractivity contribution in [3.05, 3.63) is 42.0 Å². The smallest absolute Gasteiger partial charge is 0.243 e. The van der Waals surface area contributed by atoms with Crippen molar-refractivity contribution < 1.29 is 27.5 Å². The Bertz CT molecular complexity index is 1230. The van der Waals surface area contributed by atoms with Crippen LogP contribution in [0.2, 0.25) is 0 Å². The van der Waals surface area contributed by atoms with Crippen molar-refractivity contribution in [2.45, 2.75) is 37.1 Å². The number of amides is 2. The molecule has 10 heteroatoms. The maximum atomic E-state index is 13.2. The van der Waals surface area contributed by atoms with E-state index in [1.807, 2.05) is 6.92 Å². The first kappa shape index (κ1) is 24.0. The van der Waals surface area contributed by atoms with Crippen LogP contribution >= 0.6 is 0 Å². The van der Waals surface area contributed by atoms with Gasteiger partial charge in [-0.1, -0.05) is 0 Å². The molecule has 2 aliphatic rings. The minimum atomic E-state index is -3.92. The first-order valence-corrected chi connectivity index (χ1v) is 12.5. The number of nitrogens with one attached hydrogen (secondary N) is 1. The molecule has 0 unspecified atom stereocenters. The molecule has 1 N–H and O–H groups in total. The highest BCUT2D eigenvalue weighted by Gasteiger charge is 2.40. The summed E-state index contributed by atoms with van der Waals surface area (Å²) in [7, 11) is 0.416. The van der Waals surface area contributed by atoms with Gasteiger partial charge in [-0.2, -0.15) is 4.31 Å². The van der Waals surface area contributed by atoms with E-state index >= 15 is 0 Å². The maximum Gasteiger partial charge on any atom is 0.243 e. The standard InChI is InChI=1S/C24H29N3O6S/c1-15-11-17-12-19(8-9-21(17)27(15)24(29)16-5-6-16)34(30,31)26(2)14-23(28)25-20-13-18(32-3)7-10-22(20)33-4/h7-10,12-13,15-16H,5-6,11,14H2,1-4H3,(H,25,28)/t15-/m0/s1. The third-order valence-electron chi connectivity index (χ3n) is 6.19. The van der Waals surface area contributed by atoms with Crippen molar-refractivity contribution in [3.63, 3.8) is 0 Å². The van der Waals surface area contributed by atoms with E-state index in [9.17, 15) is 18.0 Å². The number of fused-ring (bicyclic) bond motifs is 1. The Morgan fingerprint density at radius 1 is 1.12 bits per heavy atom. The third-order valence-corrected chi connectivity index (χ3v) is 7.99. The number of hydrogen-bond donors (Lipinski definition) is 1. The lowest BCUT2D eigenvalue weighted by Crippen LogP contribution is -2.36. The van der Waals surface area contributed by atoms with Gasteiger partial charge < -0.3 is 19.7 Å². The molecule has 0 spiro atoms. The summed E-state index contributed by atoms with van der Waals surface area (Å²) in [5, 5.41) is 2.68. The van der Waals surface area contributed by atoms with Crippen LogP contribution < -0.4 is 19.7 Å². The van der Waals surface area contributed by atoms with Crippen LogP contribution in [-0.4, -0.2) is 58.4 Å². The van der Waals surface area contributed by atoms with Gasteiger partial charge in [0.25, 0.3) is 0 Å². The minimum absolute atomic E-state index is 0.0117. The highest BCUT2D eigenvalue weighted by molar-refractivity contribution is 7.89. The van der Waals surface area contributed by atoms with Gasteiger partial charge in [-0.05, 0) is 62.1 Å². The van der Waals surface area contributed by atoms with Gasteiger partial charge in [0.2, 0.25) is 21.8 Å². The summed E-state index contributed by atoms with van der Waals surface area (Å²) in [6.07, 6.45) is 2.42. The SMILES string of the molecule is COc1ccc(OC)c(NC(=O)CN(C)S(=O)(=O)c2ccc3c(c2)C[C@H](C)N3C(=O)C2CC2)c1. The second-order valence-corrected chi connectivity index (χ2v) is 10.7. The largest absolute Gasteiger partial charge is 0.497 e. The average molecular weight is 488 g/mol. The monoisotopic (exact) mass is 487 g/mol. The number of anilines is 2. The second kappa shape index (κ2) is 9.27. The van der Waals surface area contributed by atoms with Crippen LogP contribution in [-0.2, 0) is 26.0 Å². The van der Waals surface area contributed by atoms with Gasteiger partial charge in [-0.3, -0.25) is 9.59 Å². The van der Waals surface area contributed by atoms with E-state index in [1.54, 1.807) is 35.2 Å². The normalized spacial score (nSPS) is 17.4. The summed E-state index contributed by atoms with van der Waals surface area (Å²) in [6.45, 7) is 1.58. The molecule has 1 heterocycles. The van der Waals surface area contributed by atoms with Crippen LogP contribution in [0.5, 0.6) is 11.5 Å². The van der Waals surface area contributed by atoms with Gasteiger partial charge in [0.15, 0.2) is 0 Å². The Kier molecular flexibility index (Phi) is 6.55. The lowest BCUT2D eigenvalue weighted by molar-refractivity contribution is -0.120. The molecule has 1 atom stereocenters. The van der Waals surface area contributed by atoms with Gasteiger partial charge in [0, 0.05) is 30.8 Å². The molecule has 2 aromatic rings. The van der Waals surface area contributed by atoms with E-state index in [4.69, 9.17) is 9.47 Å². The predicted octanol–water partition coefficient (Wildman–Crippen LogP) is 2.65. The molecule has 182 valence electrons. The highest BCUT2D eigenvalue weighted by atomic mass is 32.2. The predicted molar refractivity (Wildman–Crippen MR) is 128 cm³/mol. The molecule has 2 amide bonds. The summed E-state index contributed by atoms with van der Waals surface area (Å²) in [6, 6.07) is 9.74. The number of sulfonamides is 1. The van der Waals surface area contributed by atoms with Gasteiger partial charge in [-0.15, -0.1) is 0 Å². The lowest BCUT2D eigenvalue weighted by atomic mass is 10.1. The van der Waals surface area contributed by atoms with Crippen molar-refractivity contribution in [2.75, 3.05) is 38.0 Å². The fraction of sp³-hybridized carbons (Fsp3) is 0.417. The molecule has 0 bridgehead atoms. The number of nitrogens with zero attached hydrogens (tertiary/aromatic N) is 2. The molecule has 0 aromatic heterocycles. The van der Waals surface area contributed by atoms with Crippen molar-refractivity contribution in [1.29, 1.82) is 0 Å². The van der Waals surface area contributed by atoms with Crippen LogP contribution in [0.3, 0.4) is 0 Å². The molecular weight excluding hydrogens is 458 g/mol. The number of hydrogen-bond acceptors (Lipinski definition) is 6. The Labute approximate surface area is 199 Å². The molecule has 9 nitrogen and oxygen atoms in total. The molecule has 1 fully saturated rings. The molecule has 0 radical (unpaired) electrons. The molecule has 0 saturated heterocycles. The second-order valence-electron chi connectivity index (χ2n) is 8.70. The van der Waals surface area contributed by atoms with E-state index < -0.39 is 15.9 Å². The summed E-state index contributed by atoms with van der Waals surface area (Å²) in [4.78, 5) is 27.2. The first-order valence-electron chi connectivity index (χ1n) is 11.1. The van der Waals surface area contributed by atoms with Gasteiger partial charge in [-0.25, -0.2) is 8.42 Å². The Morgan fingerprint density at radius 2 is 1.85 bits per heavy atom. The molecule has 1 aliphatic heterocycles. The number of carbonyl (C=O) groups is 2. The summed E-state index contributed by atoms with van der Waals surface area (Å²) in [5.74, 6) is 0.637. The quantitative estimate of drug-likeness (QED) is 0.614. The number of carbonyl (C=O) groups excluding carboxylic acids is 2. The van der Waals surface area contributed by atoms with Crippen molar-refractivity contribution in [2.24, 2.45) is 5.92 Å². The van der Waals surface area contributed by atoms with E-state index in [1.165, 1.54) is 27.3 Å². The summed E-state index contributed by atoms with van der Waals surface area (Å²) >= 11 is 0. The van der Waals surface area contributed by atoms with E-state index in [0.717, 1.165) is 28.4 Å². The Balaban J connectivity index is 1.49. The fourth-order valence-electron chi connectivity index (χ4n) is 4.20.